The normalized spacial score (nSPS) is 11.6. The number of imidazole rings is 1. The number of hydrogen-bond donors (Lipinski definition) is 1. The Morgan fingerprint density at radius 3 is 2.68 bits per heavy atom. The molecule has 2 aromatic heterocycles. The molecule has 0 bridgehead atoms. The first-order valence-corrected chi connectivity index (χ1v) is 6.99. The van der Waals surface area contributed by atoms with Gasteiger partial charge in [0.15, 0.2) is 5.65 Å². The molecule has 0 atom stereocenters. The van der Waals surface area contributed by atoms with E-state index in [2.05, 4.69) is 28.7 Å². The van der Waals surface area contributed by atoms with E-state index >= 15 is 0 Å². The molecule has 2 rings (SSSR count). The number of aromatic amines is 1. The molecule has 2 heterocycles. The number of halogens is 2. The minimum Gasteiger partial charge on any atom is -0.304 e. The van der Waals surface area contributed by atoms with Gasteiger partial charge in [-0.1, -0.05) is 37.0 Å². The van der Waals surface area contributed by atoms with E-state index in [1.54, 1.807) is 10.6 Å². The van der Waals surface area contributed by atoms with Crippen molar-refractivity contribution in [2.45, 2.75) is 20.4 Å². The summed E-state index contributed by atoms with van der Waals surface area (Å²) in [7, 11) is 0. The number of hydrogen-bond acceptors (Lipinski definition) is 3. The highest BCUT2D eigenvalue weighted by atomic mass is 35.5. The lowest BCUT2D eigenvalue weighted by molar-refractivity contribution is 0.290. The largest absolute Gasteiger partial charge is 0.327 e. The van der Waals surface area contributed by atoms with Crippen molar-refractivity contribution in [2.75, 3.05) is 19.6 Å². The first kappa shape index (κ1) is 14.4. The summed E-state index contributed by atoms with van der Waals surface area (Å²) in [5.74, 6) is 0. The maximum atomic E-state index is 11.9. The summed E-state index contributed by atoms with van der Waals surface area (Å²) >= 11 is 11.8. The molecule has 0 spiro atoms. The molecule has 0 saturated heterocycles. The third-order valence-electron chi connectivity index (χ3n) is 3.19. The monoisotopic (exact) mass is 302 g/mol. The fraction of sp³-hybridized carbons (Fsp3) is 0.500. The molecule has 0 amide bonds. The van der Waals surface area contributed by atoms with Gasteiger partial charge in [-0.25, -0.2) is 9.78 Å². The summed E-state index contributed by atoms with van der Waals surface area (Å²) in [5, 5.41) is 0.552. The first-order chi connectivity index (χ1) is 9.06. The van der Waals surface area contributed by atoms with Crippen LogP contribution in [-0.4, -0.2) is 39.1 Å². The molecule has 0 aliphatic heterocycles. The summed E-state index contributed by atoms with van der Waals surface area (Å²) < 4.78 is 1.59. The highest BCUT2D eigenvalue weighted by molar-refractivity contribution is 6.41. The lowest BCUT2D eigenvalue weighted by atomic mass is 10.4. The van der Waals surface area contributed by atoms with Gasteiger partial charge >= 0.3 is 5.69 Å². The van der Waals surface area contributed by atoms with Gasteiger partial charge in [0.1, 0.15) is 5.15 Å². The number of fused-ring (bicyclic) bond motifs is 1. The van der Waals surface area contributed by atoms with Gasteiger partial charge in [0.2, 0.25) is 0 Å². The van der Waals surface area contributed by atoms with E-state index in [1.165, 1.54) is 0 Å². The molecule has 2 aromatic rings. The second kappa shape index (κ2) is 5.94. The van der Waals surface area contributed by atoms with Crippen LogP contribution in [0.2, 0.25) is 10.2 Å². The lowest BCUT2D eigenvalue weighted by Gasteiger charge is -2.17. The second-order valence-electron chi connectivity index (χ2n) is 4.24. The molecular weight excluding hydrogens is 287 g/mol. The van der Waals surface area contributed by atoms with Gasteiger partial charge in [0.05, 0.1) is 10.5 Å². The summed E-state index contributed by atoms with van der Waals surface area (Å²) in [6.07, 6.45) is 0. The average molecular weight is 303 g/mol. The van der Waals surface area contributed by atoms with Crippen LogP contribution in [0.25, 0.3) is 11.2 Å². The number of nitrogens with zero attached hydrogens (tertiary/aromatic N) is 3. The maximum absolute atomic E-state index is 11.9. The number of rotatable bonds is 5. The maximum Gasteiger partial charge on any atom is 0.327 e. The Labute approximate surface area is 121 Å². The topological polar surface area (TPSA) is 53.9 Å². The zero-order valence-electron chi connectivity index (χ0n) is 10.9. The van der Waals surface area contributed by atoms with Crippen LogP contribution in [0.1, 0.15) is 13.8 Å². The molecule has 104 valence electrons. The van der Waals surface area contributed by atoms with Crippen molar-refractivity contribution >= 4 is 34.4 Å². The van der Waals surface area contributed by atoms with E-state index in [9.17, 15) is 4.79 Å². The Morgan fingerprint density at radius 1 is 1.37 bits per heavy atom. The van der Waals surface area contributed by atoms with Crippen molar-refractivity contribution in [1.82, 2.24) is 19.4 Å². The van der Waals surface area contributed by atoms with Gasteiger partial charge in [-0.2, -0.15) is 0 Å². The van der Waals surface area contributed by atoms with Crippen molar-refractivity contribution in [3.63, 3.8) is 0 Å². The van der Waals surface area contributed by atoms with Gasteiger partial charge in [0, 0.05) is 13.1 Å². The number of aromatic nitrogens is 3. The van der Waals surface area contributed by atoms with Crippen LogP contribution in [-0.2, 0) is 6.54 Å². The number of pyridine rings is 1. The molecule has 0 saturated carbocycles. The van der Waals surface area contributed by atoms with Crippen LogP contribution < -0.4 is 5.69 Å². The van der Waals surface area contributed by atoms with E-state index in [1.807, 2.05) is 0 Å². The van der Waals surface area contributed by atoms with E-state index < -0.39 is 0 Å². The zero-order chi connectivity index (χ0) is 14.0. The quantitative estimate of drug-likeness (QED) is 0.863. The molecule has 0 aliphatic carbocycles. The van der Waals surface area contributed by atoms with Gasteiger partial charge in [-0.3, -0.25) is 4.57 Å². The minimum atomic E-state index is -0.187. The van der Waals surface area contributed by atoms with Crippen LogP contribution in [0.3, 0.4) is 0 Å². The Kier molecular flexibility index (Phi) is 4.50. The predicted octanol–water partition coefficient (Wildman–Crippen LogP) is 2.37. The molecule has 0 aromatic carbocycles. The van der Waals surface area contributed by atoms with E-state index in [0.29, 0.717) is 22.7 Å². The molecule has 7 heteroatoms. The first-order valence-electron chi connectivity index (χ1n) is 6.23. The molecule has 1 N–H and O–H groups in total. The average Bonchev–Trinajstić information content (AvgIpc) is 2.67. The lowest BCUT2D eigenvalue weighted by Crippen LogP contribution is -2.30. The fourth-order valence-electron chi connectivity index (χ4n) is 2.02. The predicted molar refractivity (Wildman–Crippen MR) is 78.2 cm³/mol. The molecule has 0 unspecified atom stereocenters. The van der Waals surface area contributed by atoms with Gasteiger partial charge < -0.3 is 9.88 Å². The van der Waals surface area contributed by atoms with Crippen LogP contribution >= 0.6 is 23.2 Å². The third-order valence-corrected chi connectivity index (χ3v) is 3.86. The fourth-order valence-corrected chi connectivity index (χ4v) is 2.31. The van der Waals surface area contributed by atoms with Gasteiger partial charge in [-0.05, 0) is 19.2 Å². The molecule has 5 nitrogen and oxygen atoms in total. The Bertz CT molecular complexity index is 630. The SMILES string of the molecule is CCN(CC)CCn1c(=O)[nH]c2cc(Cl)c(Cl)nc21. The summed E-state index contributed by atoms with van der Waals surface area (Å²) in [6.45, 7) is 7.46. The number of nitrogens with one attached hydrogen (secondary N) is 1. The zero-order valence-corrected chi connectivity index (χ0v) is 12.4. The van der Waals surface area contributed by atoms with Crippen LogP contribution in [0.5, 0.6) is 0 Å². The van der Waals surface area contributed by atoms with Crippen molar-refractivity contribution in [1.29, 1.82) is 0 Å². The van der Waals surface area contributed by atoms with Crippen molar-refractivity contribution in [3.05, 3.63) is 26.7 Å². The summed E-state index contributed by atoms with van der Waals surface area (Å²) in [5.41, 5.74) is 0.971. The number of H-pyrrole nitrogens is 1. The number of likely N-dealkylation sites (N-methyl/N-ethyl adjacent to an activating group) is 1. The Hall–Kier alpha value is -1.04. The second-order valence-corrected chi connectivity index (χ2v) is 5.01. The molecule has 0 aliphatic rings. The molecule has 0 radical (unpaired) electrons. The Balaban J connectivity index is 2.35. The van der Waals surface area contributed by atoms with Gasteiger partial charge in [-0.15, -0.1) is 0 Å². The van der Waals surface area contributed by atoms with Crippen LogP contribution in [0, 0.1) is 0 Å². The van der Waals surface area contributed by atoms with Crippen molar-refractivity contribution in [3.8, 4) is 0 Å². The standard InChI is InChI=1S/C12H16Cl2N4O/c1-3-17(4-2)5-6-18-11-9(15-12(18)19)7-8(13)10(14)16-11/h7H,3-6H2,1-2H3,(H,15,19). The van der Waals surface area contributed by atoms with Gasteiger partial charge in [0.25, 0.3) is 0 Å². The minimum absolute atomic E-state index is 0.187. The molecular formula is C12H16Cl2N4O. The third kappa shape index (κ3) is 2.94. The smallest absolute Gasteiger partial charge is 0.304 e. The highest BCUT2D eigenvalue weighted by Crippen LogP contribution is 2.22. The van der Waals surface area contributed by atoms with E-state index in [4.69, 9.17) is 23.2 Å². The van der Waals surface area contributed by atoms with Crippen LogP contribution in [0.15, 0.2) is 10.9 Å². The summed E-state index contributed by atoms with van der Waals surface area (Å²) in [4.78, 5) is 21.1. The van der Waals surface area contributed by atoms with Crippen LogP contribution in [0.4, 0.5) is 0 Å². The van der Waals surface area contributed by atoms with Crippen molar-refractivity contribution in [2.24, 2.45) is 0 Å². The highest BCUT2D eigenvalue weighted by Gasteiger charge is 2.12. The van der Waals surface area contributed by atoms with E-state index in [0.717, 1.165) is 19.6 Å². The van der Waals surface area contributed by atoms with Crippen molar-refractivity contribution < 1.29 is 0 Å². The Morgan fingerprint density at radius 2 is 2.05 bits per heavy atom. The molecule has 19 heavy (non-hydrogen) atoms. The molecule has 0 fully saturated rings. The van der Waals surface area contributed by atoms with E-state index in [-0.39, 0.29) is 10.8 Å². The summed E-state index contributed by atoms with van der Waals surface area (Å²) in [6, 6.07) is 1.63.